The van der Waals surface area contributed by atoms with Crippen LogP contribution in [0.1, 0.15) is 169 Å². The average molecular weight is 1240 g/mol. The molecule has 1 aromatic rings. The normalized spacial score (nSPS) is 14.2. The second kappa shape index (κ2) is 45.5. The molecule has 20 N–H and O–H groups in total. The maximum Gasteiger partial charge on any atom is 0.303 e. The van der Waals surface area contributed by atoms with Crippen molar-refractivity contribution >= 4 is 70.9 Å². The summed E-state index contributed by atoms with van der Waals surface area (Å²) in [5.74, 6) is -10.6. The Bertz CT molecular complexity index is 2380. The number of carbonyl (C=O) groups excluding carboxylic acids is 9. The number of aliphatic carboxylic acids is 1. The van der Waals surface area contributed by atoms with E-state index in [2.05, 4.69) is 72.2 Å². The fourth-order valence-corrected chi connectivity index (χ4v) is 9.10. The number of hydrogen-bond acceptors (Lipinski definition) is 15. The molecule has 0 saturated carbocycles. The van der Waals surface area contributed by atoms with Crippen LogP contribution in [0.2, 0.25) is 0 Å². The van der Waals surface area contributed by atoms with Crippen LogP contribution < -0.4 is 64.6 Å². The van der Waals surface area contributed by atoms with E-state index in [1.54, 1.807) is 44.2 Å². The van der Waals surface area contributed by atoms with Gasteiger partial charge in [-0.05, 0) is 89.5 Å². The Hall–Kier alpha value is -7.72. The number of hydrogen-bond donors (Lipinski definition) is 18. The number of carboxylic acids is 1. The summed E-state index contributed by atoms with van der Waals surface area (Å²) in [7, 11) is 0. The van der Waals surface area contributed by atoms with E-state index in [1.165, 1.54) is 45.4 Å². The van der Waals surface area contributed by atoms with Crippen molar-refractivity contribution in [2.75, 3.05) is 26.3 Å². The average Bonchev–Trinajstić information content (AvgIpc) is 2.07. The molecule has 9 atom stereocenters. The largest absolute Gasteiger partial charge is 0.481 e. The fourth-order valence-electron chi connectivity index (χ4n) is 9.10. The van der Waals surface area contributed by atoms with Gasteiger partial charge in [0.1, 0.15) is 42.3 Å². The summed E-state index contributed by atoms with van der Waals surface area (Å²) >= 11 is 0. The van der Waals surface area contributed by atoms with E-state index >= 15 is 0 Å². The molecular formula is C60H102N14O14. The number of benzene rings is 1. The smallest absolute Gasteiger partial charge is 0.303 e. The first-order valence-corrected chi connectivity index (χ1v) is 30.7. The summed E-state index contributed by atoms with van der Waals surface area (Å²) in [5, 5.41) is 80.3. The van der Waals surface area contributed by atoms with Crippen molar-refractivity contribution in [3.63, 3.8) is 0 Å². The lowest BCUT2D eigenvalue weighted by molar-refractivity contribution is -0.138. The molecule has 28 heteroatoms. The number of allylic oxidation sites excluding steroid dienone is 2. The summed E-state index contributed by atoms with van der Waals surface area (Å²) in [4.78, 5) is 134. The number of ketones is 1. The summed E-state index contributed by atoms with van der Waals surface area (Å²) in [5.41, 5.74) is 11.4. The third-order valence-corrected chi connectivity index (χ3v) is 14.2. The van der Waals surface area contributed by atoms with Crippen molar-refractivity contribution in [1.29, 1.82) is 10.8 Å². The highest BCUT2D eigenvalue weighted by atomic mass is 16.4. The van der Waals surface area contributed by atoms with E-state index in [4.69, 9.17) is 27.4 Å². The number of carboxylic acid groups (broad SMARTS) is 1. The summed E-state index contributed by atoms with van der Waals surface area (Å²) in [6.45, 7) is 5.85. The van der Waals surface area contributed by atoms with Crippen LogP contribution >= 0.6 is 0 Å². The number of aliphatic hydroxyl groups excluding tert-OH is 3. The highest BCUT2D eigenvalue weighted by Gasteiger charge is 2.36. The van der Waals surface area contributed by atoms with Gasteiger partial charge in [0, 0.05) is 32.4 Å². The Balaban J connectivity index is 3.26. The molecule has 0 saturated heterocycles. The Kier molecular flexibility index (Phi) is 40.5. The molecule has 8 amide bonds. The number of rotatable bonds is 48. The topological polar surface area (TPSA) is 472 Å². The molecule has 0 spiro atoms. The van der Waals surface area contributed by atoms with Crippen LogP contribution in [-0.4, -0.2) is 172 Å². The molecule has 496 valence electrons. The van der Waals surface area contributed by atoms with Gasteiger partial charge < -0.3 is 85.1 Å². The predicted octanol–water partition coefficient (Wildman–Crippen LogP) is 0.147. The number of aliphatic hydroxyl groups is 3. The molecule has 0 aromatic heterocycles. The third-order valence-electron chi connectivity index (χ3n) is 14.2. The van der Waals surface area contributed by atoms with Crippen LogP contribution in [0.15, 0.2) is 42.5 Å². The van der Waals surface area contributed by atoms with Gasteiger partial charge in [-0.25, -0.2) is 0 Å². The predicted molar refractivity (Wildman–Crippen MR) is 332 cm³/mol. The molecule has 0 radical (unpaired) electrons. The molecule has 0 aliphatic carbocycles. The van der Waals surface area contributed by atoms with Gasteiger partial charge in [-0.15, -0.1) is 0 Å². The van der Waals surface area contributed by atoms with Gasteiger partial charge in [0.15, 0.2) is 17.7 Å². The first-order chi connectivity index (χ1) is 41.8. The molecule has 0 heterocycles. The Labute approximate surface area is 517 Å². The van der Waals surface area contributed by atoms with Crippen molar-refractivity contribution < 1.29 is 68.4 Å². The molecular weight excluding hydrogens is 1140 g/mol. The number of unbranched alkanes of at least 4 members (excludes halogenated alkanes) is 11. The number of amides is 8. The molecule has 1 rings (SSSR count). The molecule has 0 aliphatic rings. The van der Waals surface area contributed by atoms with Crippen molar-refractivity contribution in [3.8, 4) is 0 Å². The highest BCUT2D eigenvalue weighted by molar-refractivity contribution is 5.98. The van der Waals surface area contributed by atoms with Gasteiger partial charge in [-0.2, -0.15) is 0 Å². The minimum Gasteiger partial charge on any atom is -0.481 e. The second-order valence-corrected chi connectivity index (χ2v) is 22.3. The second-order valence-electron chi connectivity index (χ2n) is 22.3. The quantitative estimate of drug-likeness (QED) is 0.0179. The zero-order valence-corrected chi connectivity index (χ0v) is 52.0. The Morgan fingerprint density at radius 3 is 1.36 bits per heavy atom. The summed E-state index contributed by atoms with van der Waals surface area (Å²) in [6, 6.07) is -3.60. The zero-order chi connectivity index (χ0) is 66.0. The number of carbonyl (C=O) groups is 10. The van der Waals surface area contributed by atoms with Crippen molar-refractivity contribution in [2.45, 2.75) is 224 Å². The first-order valence-electron chi connectivity index (χ1n) is 30.7. The van der Waals surface area contributed by atoms with E-state index < -0.39 is 145 Å². The maximum atomic E-state index is 14.4. The number of guanidine groups is 2. The minimum atomic E-state index is -1.84. The molecule has 0 unspecified atom stereocenters. The van der Waals surface area contributed by atoms with Gasteiger partial charge in [0.25, 0.3) is 0 Å². The van der Waals surface area contributed by atoms with Gasteiger partial charge in [0.2, 0.25) is 47.3 Å². The molecule has 0 bridgehead atoms. The van der Waals surface area contributed by atoms with Crippen molar-refractivity contribution in [3.05, 3.63) is 48.0 Å². The van der Waals surface area contributed by atoms with Gasteiger partial charge in [-0.1, -0.05) is 115 Å². The fraction of sp³-hybridized carbons (Fsp3) is 0.667. The maximum absolute atomic E-state index is 14.4. The summed E-state index contributed by atoms with van der Waals surface area (Å²) < 4.78 is 0. The zero-order valence-electron chi connectivity index (χ0n) is 52.0. The van der Waals surface area contributed by atoms with Crippen molar-refractivity contribution in [1.82, 2.24) is 53.2 Å². The van der Waals surface area contributed by atoms with Crippen molar-refractivity contribution in [2.24, 2.45) is 17.4 Å². The van der Waals surface area contributed by atoms with E-state index in [0.717, 1.165) is 45.4 Å². The minimum absolute atomic E-state index is 0.0295. The molecule has 0 fully saturated rings. The van der Waals surface area contributed by atoms with E-state index in [-0.39, 0.29) is 64.0 Å². The highest BCUT2D eigenvalue weighted by Crippen LogP contribution is 2.13. The van der Waals surface area contributed by atoms with Gasteiger partial charge in [0.05, 0.1) is 25.4 Å². The lowest BCUT2D eigenvalue weighted by atomic mass is 9.99. The standard InChI is InChI=1S/C60H102N14O14/c1-6-7-8-9-10-11-12-13-14-15-16-17-18-19-23-30-48(79)73-51(40(5)78)58(88)74-50(38(2)3)57(87)70-45(35-41-26-21-20-22-27-41)54(84)68-44(29-25-34-66-60(63)64)53(83)71-47(37-76)56(86)72-46(36-75)55(85)69-43(28-24-33-65-59(61)62)52(82)67-42(39(4)77)31-32-49(80)81/h13-14,20-22,26-27,38,40,42-47,50-51,75-76,78H,6-12,15-19,23-25,28-37H2,1-5H3,(H,67,82)(H,68,84)(H,69,85)(H,70,87)(H,71,83)(H,72,86)(H,73,79)(H,74,88)(H,80,81)(H4,61,62,65)(H4,63,64,66)/b14-13+/t40-,42+,43+,44+,45+,46+,47+,50+,51+/m1/s1. The third kappa shape index (κ3) is 34.6. The van der Waals surface area contributed by atoms with E-state index in [0.29, 0.717) is 12.0 Å². The first kappa shape index (κ1) is 78.3. The molecule has 28 nitrogen and oxygen atoms in total. The van der Waals surface area contributed by atoms with Gasteiger partial charge >= 0.3 is 5.97 Å². The molecule has 0 aliphatic heterocycles. The van der Waals surface area contributed by atoms with E-state index in [1.807, 2.05) is 0 Å². The number of nitrogens with one attached hydrogen (secondary N) is 12. The Morgan fingerprint density at radius 1 is 0.500 bits per heavy atom. The van der Waals surface area contributed by atoms with E-state index in [9.17, 15) is 63.3 Å². The molecule has 88 heavy (non-hydrogen) atoms. The van der Waals surface area contributed by atoms with Crippen LogP contribution in [0.3, 0.4) is 0 Å². The molecule has 1 aromatic carbocycles. The van der Waals surface area contributed by atoms with Gasteiger partial charge in [-0.3, -0.25) is 58.8 Å². The Morgan fingerprint density at radius 2 is 0.920 bits per heavy atom. The monoisotopic (exact) mass is 1240 g/mol. The summed E-state index contributed by atoms with van der Waals surface area (Å²) in [6.07, 6.45) is 16.3. The lowest BCUT2D eigenvalue weighted by Gasteiger charge is -2.29. The lowest BCUT2D eigenvalue weighted by Crippen LogP contribution is -2.62. The van der Waals surface area contributed by atoms with Crippen LogP contribution in [-0.2, 0) is 54.4 Å². The number of nitrogens with two attached hydrogens (primary N) is 2. The van der Waals surface area contributed by atoms with Crippen LogP contribution in [0, 0.1) is 16.7 Å². The van der Waals surface area contributed by atoms with Crippen LogP contribution in [0.4, 0.5) is 0 Å². The number of Topliss-reactive ketones (excluding diaryl/α,β-unsaturated/α-hetero) is 1. The van der Waals surface area contributed by atoms with Crippen LogP contribution in [0.5, 0.6) is 0 Å². The van der Waals surface area contributed by atoms with Crippen LogP contribution in [0.25, 0.3) is 0 Å². The SMILES string of the molecule is CCCCCCCC/C=C/CCCCCCCC(=O)N[C@H](C(=O)N[C@H](C(=O)N[C@@H](Cc1ccccc1)C(=O)N[C@@H](CCCNC(=N)N)C(=O)N[C@@H](CO)C(=O)N[C@@H](CO)C(=O)N[C@@H](CCCNC(=N)N)C(=O)N[C@@H](CCC(=O)O)C(C)=O)C(C)C)[C@@H](C)O.